The van der Waals surface area contributed by atoms with Crippen molar-refractivity contribution in [3.05, 3.63) is 59.7 Å². The Morgan fingerprint density at radius 2 is 1.67 bits per heavy atom. The van der Waals surface area contributed by atoms with E-state index in [9.17, 15) is 14.4 Å². The highest BCUT2D eigenvalue weighted by Gasteiger charge is 2.29. The third-order valence-corrected chi connectivity index (χ3v) is 5.55. The van der Waals surface area contributed by atoms with Gasteiger partial charge in [-0.3, -0.25) is 9.59 Å². The van der Waals surface area contributed by atoms with E-state index >= 15 is 0 Å². The monoisotopic (exact) mass is 448 g/mol. The van der Waals surface area contributed by atoms with E-state index < -0.39 is 18.1 Å². The molecule has 3 N–H and O–H groups in total. The molecular formula is C26H28N2O5. The highest BCUT2D eigenvalue weighted by molar-refractivity contribution is 5.86. The van der Waals surface area contributed by atoms with Crippen molar-refractivity contribution in [3.63, 3.8) is 0 Å². The average Bonchev–Trinajstić information content (AvgIpc) is 3.13. The number of amides is 2. The maximum absolute atomic E-state index is 12.5. The molecule has 7 heteroatoms. The van der Waals surface area contributed by atoms with E-state index in [1.807, 2.05) is 36.4 Å². The summed E-state index contributed by atoms with van der Waals surface area (Å²) in [4.78, 5) is 35.6. The third-order valence-electron chi connectivity index (χ3n) is 5.55. The van der Waals surface area contributed by atoms with Crippen molar-refractivity contribution < 1.29 is 24.2 Å². The molecule has 0 fully saturated rings. The second-order valence-electron chi connectivity index (χ2n) is 7.80. The van der Waals surface area contributed by atoms with Crippen molar-refractivity contribution in [3.8, 4) is 23.0 Å². The van der Waals surface area contributed by atoms with E-state index in [1.54, 1.807) is 6.92 Å². The van der Waals surface area contributed by atoms with E-state index in [0.29, 0.717) is 19.4 Å². The lowest BCUT2D eigenvalue weighted by atomic mass is 9.98. The fourth-order valence-corrected chi connectivity index (χ4v) is 3.93. The standard InChI is InChI=1S/C26H28N2O5/c1-2-3-14-23(25(31)27-16-9-8-15-24(29)30)28-26(32)33-17-22-20-12-6-4-10-18(20)19-11-5-7-13-21(19)22/h4-7,10-13,22-23H,8-9,14-17H2,1H3,(H,27,31)(H,28,32)(H,29,30). The first kappa shape index (κ1) is 23.9. The molecule has 1 aliphatic rings. The average molecular weight is 449 g/mol. The van der Waals surface area contributed by atoms with Gasteiger partial charge in [-0.05, 0) is 42.0 Å². The molecule has 0 saturated heterocycles. The summed E-state index contributed by atoms with van der Waals surface area (Å²) in [7, 11) is 0. The van der Waals surface area contributed by atoms with Crippen molar-refractivity contribution in [2.75, 3.05) is 13.2 Å². The number of hydrogen-bond acceptors (Lipinski definition) is 4. The molecule has 0 aliphatic heterocycles. The van der Waals surface area contributed by atoms with Crippen molar-refractivity contribution in [2.45, 2.75) is 44.6 Å². The minimum Gasteiger partial charge on any atom is -0.481 e. The van der Waals surface area contributed by atoms with Crippen LogP contribution in [0.1, 0.15) is 49.7 Å². The Morgan fingerprint density at radius 3 is 2.27 bits per heavy atom. The van der Waals surface area contributed by atoms with Gasteiger partial charge >= 0.3 is 12.1 Å². The predicted octanol–water partition coefficient (Wildman–Crippen LogP) is 3.68. The molecule has 1 atom stereocenters. The molecule has 1 unspecified atom stereocenters. The van der Waals surface area contributed by atoms with Crippen molar-refractivity contribution >= 4 is 18.0 Å². The zero-order chi connectivity index (χ0) is 23.6. The van der Waals surface area contributed by atoms with E-state index in [0.717, 1.165) is 22.3 Å². The number of carboxylic acids is 1. The number of carbonyl (C=O) groups excluding carboxylic acids is 2. The number of nitrogens with one attached hydrogen (secondary N) is 2. The molecule has 0 spiro atoms. The number of rotatable bonds is 10. The molecule has 2 aromatic rings. The van der Waals surface area contributed by atoms with Crippen LogP contribution in [0.25, 0.3) is 11.1 Å². The second kappa shape index (κ2) is 11.7. The summed E-state index contributed by atoms with van der Waals surface area (Å²) in [5.74, 6) is 4.23. The minimum atomic E-state index is -0.866. The summed E-state index contributed by atoms with van der Waals surface area (Å²) in [6, 6.07) is 15.3. The Balaban J connectivity index is 1.56. The van der Waals surface area contributed by atoms with Crippen LogP contribution in [0.5, 0.6) is 0 Å². The van der Waals surface area contributed by atoms with Crippen LogP contribution in [0.3, 0.4) is 0 Å². The molecule has 0 saturated carbocycles. The van der Waals surface area contributed by atoms with Crippen LogP contribution in [-0.2, 0) is 14.3 Å². The van der Waals surface area contributed by atoms with E-state index in [2.05, 4.69) is 34.6 Å². The Morgan fingerprint density at radius 1 is 1.03 bits per heavy atom. The molecule has 0 aromatic heterocycles. The third kappa shape index (κ3) is 6.36. The highest BCUT2D eigenvalue weighted by atomic mass is 16.5. The normalized spacial score (nSPS) is 12.5. The predicted molar refractivity (Wildman–Crippen MR) is 125 cm³/mol. The number of aliphatic carboxylic acids is 1. The van der Waals surface area contributed by atoms with E-state index in [-0.39, 0.29) is 31.3 Å². The van der Waals surface area contributed by atoms with Gasteiger partial charge in [-0.1, -0.05) is 48.5 Å². The molecule has 0 radical (unpaired) electrons. The van der Waals surface area contributed by atoms with Crippen LogP contribution in [0, 0.1) is 11.8 Å². The first-order valence-corrected chi connectivity index (χ1v) is 11.0. The first-order valence-electron chi connectivity index (χ1n) is 11.0. The molecule has 0 bridgehead atoms. The van der Waals surface area contributed by atoms with Gasteiger partial charge in [0.05, 0.1) is 0 Å². The molecule has 172 valence electrons. The maximum atomic E-state index is 12.5. The van der Waals surface area contributed by atoms with Crippen molar-refractivity contribution in [1.82, 2.24) is 10.6 Å². The van der Waals surface area contributed by atoms with Crippen LogP contribution < -0.4 is 10.6 Å². The number of carbonyl (C=O) groups is 3. The minimum absolute atomic E-state index is 0.0542. The lowest BCUT2D eigenvalue weighted by Crippen LogP contribution is -2.47. The van der Waals surface area contributed by atoms with Crippen LogP contribution in [-0.4, -0.2) is 42.3 Å². The Hall–Kier alpha value is -3.79. The lowest BCUT2D eigenvalue weighted by Gasteiger charge is -2.18. The van der Waals surface area contributed by atoms with Crippen molar-refractivity contribution in [2.24, 2.45) is 0 Å². The van der Waals surface area contributed by atoms with Gasteiger partial charge in [0.15, 0.2) is 0 Å². The zero-order valence-corrected chi connectivity index (χ0v) is 18.6. The van der Waals surface area contributed by atoms with Gasteiger partial charge in [-0.2, -0.15) is 0 Å². The number of ether oxygens (including phenoxy) is 1. The zero-order valence-electron chi connectivity index (χ0n) is 18.6. The van der Waals surface area contributed by atoms with Gasteiger partial charge in [0, 0.05) is 25.3 Å². The topological polar surface area (TPSA) is 105 Å². The fraction of sp³-hybridized carbons (Fsp3) is 0.346. The summed E-state index contributed by atoms with van der Waals surface area (Å²) in [6.45, 7) is 2.14. The Kier molecular flexibility index (Phi) is 8.48. The highest BCUT2D eigenvalue weighted by Crippen LogP contribution is 2.44. The summed E-state index contributed by atoms with van der Waals surface area (Å²) in [5, 5.41) is 14.0. The quantitative estimate of drug-likeness (QED) is 0.380. The molecule has 2 amide bonds. The number of alkyl carbamates (subject to hydrolysis) is 1. The summed E-state index contributed by atoms with van der Waals surface area (Å²) < 4.78 is 5.53. The summed E-state index contributed by atoms with van der Waals surface area (Å²) in [5.41, 5.74) is 4.50. The number of hydrogen-bond donors (Lipinski definition) is 3. The molecule has 2 aromatic carbocycles. The van der Waals surface area contributed by atoms with E-state index in [4.69, 9.17) is 9.84 Å². The first-order chi connectivity index (χ1) is 16.0. The van der Waals surface area contributed by atoms with Gasteiger partial charge in [-0.25, -0.2) is 4.79 Å². The number of carboxylic acid groups (broad SMARTS) is 1. The lowest BCUT2D eigenvalue weighted by molar-refractivity contribution is -0.137. The second-order valence-corrected chi connectivity index (χ2v) is 7.80. The maximum Gasteiger partial charge on any atom is 0.407 e. The smallest absolute Gasteiger partial charge is 0.407 e. The van der Waals surface area contributed by atoms with E-state index in [1.165, 1.54) is 0 Å². The Bertz CT molecular complexity index is 1020. The van der Waals surface area contributed by atoms with Crippen LogP contribution >= 0.6 is 0 Å². The van der Waals surface area contributed by atoms with Gasteiger partial charge in [0.2, 0.25) is 5.91 Å². The number of fused-ring (bicyclic) bond motifs is 3. The van der Waals surface area contributed by atoms with Gasteiger partial charge in [0.25, 0.3) is 0 Å². The van der Waals surface area contributed by atoms with Crippen LogP contribution in [0.2, 0.25) is 0 Å². The van der Waals surface area contributed by atoms with Gasteiger partial charge in [-0.15, -0.1) is 11.8 Å². The fourth-order valence-electron chi connectivity index (χ4n) is 3.93. The number of unbranched alkanes of at least 4 members (excludes halogenated alkanes) is 1. The van der Waals surface area contributed by atoms with Crippen LogP contribution in [0.15, 0.2) is 48.5 Å². The summed E-state index contributed by atoms with van der Waals surface area (Å²) in [6.07, 6.45) is 0.533. The number of benzene rings is 2. The van der Waals surface area contributed by atoms with Gasteiger partial charge < -0.3 is 20.5 Å². The Labute approximate surface area is 193 Å². The molecule has 1 aliphatic carbocycles. The van der Waals surface area contributed by atoms with Crippen LogP contribution in [0.4, 0.5) is 4.79 Å². The molecular weight excluding hydrogens is 420 g/mol. The van der Waals surface area contributed by atoms with Gasteiger partial charge in [0.1, 0.15) is 12.6 Å². The SMILES string of the molecule is CC#CCC(NC(=O)OCC1c2ccccc2-c2ccccc21)C(=O)NCCCCC(=O)O. The molecule has 33 heavy (non-hydrogen) atoms. The summed E-state index contributed by atoms with van der Waals surface area (Å²) >= 11 is 0. The largest absolute Gasteiger partial charge is 0.481 e. The molecule has 3 rings (SSSR count). The molecule has 7 nitrogen and oxygen atoms in total. The van der Waals surface area contributed by atoms with Crippen molar-refractivity contribution in [1.29, 1.82) is 0 Å². The molecule has 0 heterocycles.